The van der Waals surface area contributed by atoms with Crippen LogP contribution in [0.3, 0.4) is 0 Å². The number of hydrogen-bond donors (Lipinski definition) is 3. The lowest BCUT2D eigenvalue weighted by molar-refractivity contribution is -0.146. The molecular formula is C39H54N6O9S. The predicted molar refractivity (Wildman–Crippen MR) is 205 cm³/mol. The second-order valence-electron chi connectivity index (χ2n) is 17.2. The van der Waals surface area contributed by atoms with Crippen LogP contribution in [0.1, 0.15) is 93.4 Å². The summed E-state index contributed by atoms with van der Waals surface area (Å²) in [5.41, 5.74) is -2.87. The number of carbonyl (C=O) groups is 4. The Bertz CT molecular complexity index is 2070. The molecule has 7 atom stereocenters. The van der Waals surface area contributed by atoms with Crippen LogP contribution in [0.5, 0.6) is 5.88 Å². The zero-order valence-corrected chi connectivity index (χ0v) is 33.5. The van der Waals surface area contributed by atoms with E-state index in [4.69, 9.17) is 4.74 Å². The monoisotopic (exact) mass is 782 g/mol. The molecule has 2 aliphatic heterocycles. The first-order chi connectivity index (χ1) is 25.7. The number of carbonyl (C=O) groups excluding carboxylic acids is 3. The summed E-state index contributed by atoms with van der Waals surface area (Å²) in [7, 11) is -4.03. The Balaban J connectivity index is 1.41. The highest BCUT2D eigenvalue weighted by molar-refractivity contribution is 7.91. The first-order valence-corrected chi connectivity index (χ1v) is 20.8. The Hall–Kier alpha value is -4.47. The molecule has 2 aromatic rings. The number of benzene rings is 1. The number of rotatable bonds is 7. The number of ether oxygens (including phenoxy) is 1. The molecule has 0 unspecified atom stereocenters. The topological polar surface area (TPSA) is 197 Å². The first-order valence-electron chi connectivity index (χ1n) is 19.3. The zero-order valence-electron chi connectivity index (χ0n) is 32.7. The van der Waals surface area contributed by atoms with Gasteiger partial charge >= 0.3 is 6.09 Å². The summed E-state index contributed by atoms with van der Waals surface area (Å²) in [6.45, 7) is 12.6. The molecule has 4 aliphatic rings. The van der Waals surface area contributed by atoms with Gasteiger partial charge in [-0.15, -0.1) is 5.10 Å². The molecule has 3 heterocycles. The number of nitrogens with one attached hydrogen (secondary N) is 2. The van der Waals surface area contributed by atoms with Crippen LogP contribution in [0.25, 0.3) is 10.8 Å². The molecule has 0 spiro atoms. The molecule has 1 aromatic heterocycles. The molecule has 55 heavy (non-hydrogen) atoms. The lowest BCUT2D eigenvalue weighted by Gasteiger charge is -2.43. The van der Waals surface area contributed by atoms with E-state index in [1.165, 1.54) is 9.58 Å². The third-order valence-electron chi connectivity index (χ3n) is 11.8. The van der Waals surface area contributed by atoms with Crippen LogP contribution in [-0.2, 0) is 31.0 Å². The summed E-state index contributed by atoms with van der Waals surface area (Å²) in [5.74, 6) is -2.82. The molecule has 3 fully saturated rings. The smallest absolute Gasteiger partial charge is 0.408 e. The maximum Gasteiger partial charge on any atom is 0.408 e. The minimum Gasteiger partial charge on any atom is -0.471 e. The van der Waals surface area contributed by atoms with Crippen molar-refractivity contribution >= 4 is 44.6 Å². The average Bonchev–Trinajstić information content (AvgIpc) is 3.99. The van der Waals surface area contributed by atoms with Crippen molar-refractivity contribution in [1.82, 2.24) is 29.6 Å². The number of nitrogens with zero attached hydrogens (tertiary/aromatic N) is 4. The molecule has 2 saturated carbocycles. The van der Waals surface area contributed by atoms with Crippen molar-refractivity contribution in [1.29, 1.82) is 0 Å². The Labute approximate surface area is 321 Å². The van der Waals surface area contributed by atoms with E-state index in [0.29, 0.717) is 36.5 Å². The standard InChI is InChI=1S/C39H54N6O9S/c1-8-44-33(47)28-16-12-11-15-27(28)32(41-44)54-26-20-29-31(46)40-39(35(49)42-55(52,53)38(7)17-18-38)21-25(39)14-10-9-13-23(2)19-24(3)30(34(48)43(29)22-26)45(36(50)51)37(4,5)6/h10-12,14-16,23-26,29-30H,8-9,13,17-22H2,1-7H3,(H,40,46)(H,42,49)(H,50,51)/t23-,24+,25+,26+,29-,30-,39+/m0/s1. The maximum absolute atomic E-state index is 15.0. The van der Waals surface area contributed by atoms with Gasteiger partial charge in [-0.25, -0.2) is 17.9 Å². The molecule has 16 heteroatoms. The molecule has 1 saturated heterocycles. The largest absolute Gasteiger partial charge is 0.471 e. The number of hydrogen-bond acceptors (Lipinski definition) is 9. The number of carboxylic acid groups (broad SMARTS) is 1. The number of allylic oxidation sites excluding steroid dienone is 1. The number of sulfonamides is 1. The van der Waals surface area contributed by atoms with Crippen LogP contribution in [0.4, 0.5) is 4.79 Å². The van der Waals surface area contributed by atoms with Crippen LogP contribution in [-0.4, -0.2) is 97.5 Å². The number of amides is 4. The quantitative estimate of drug-likeness (QED) is 0.348. The Morgan fingerprint density at radius 2 is 1.78 bits per heavy atom. The normalized spacial score (nSPS) is 29.6. The van der Waals surface area contributed by atoms with Gasteiger partial charge in [0.25, 0.3) is 11.5 Å². The van der Waals surface area contributed by atoms with Gasteiger partial charge < -0.3 is 20.1 Å². The lowest BCUT2D eigenvalue weighted by Crippen LogP contribution is -2.62. The molecule has 4 amide bonds. The van der Waals surface area contributed by atoms with Crippen molar-refractivity contribution < 1.29 is 37.4 Å². The molecule has 15 nitrogen and oxygen atoms in total. The van der Waals surface area contributed by atoms with Gasteiger partial charge in [-0.1, -0.05) is 38.1 Å². The fraction of sp³-hybridized carbons (Fsp3) is 0.641. The van der Waals surface area contributed by atoms with Crippen LogP contribution in [0.15, 0.2) is 41.2 Å². The second kappa shape index (κ2) is 14.6. The minimum absolute atomic E-state index is 0.0481. The molecule has 2 aliphatic carbocycles. The third-order valence-corrected chi connectivity index (χ3v) is 14.0. The van der Waals surface area contributed by atoms with Gasteiger partial charge in [-0.3, -0.25) is 28.8 Å². The molecule has 300 valence electrons. The Morgan fingerprint density at radius 1 is 1.11 bits per heavy atom. The van der Waals surface area contributed by atoms with E-state index in [9.17, 15) is 32.7 Å². The van der Waals surface area contributed by atoms with E-state index in [2.05, 4.69) is 15.1 Å². The van der Waals surface area contributed by atoms with Gasteiger partial charge in [0.05, 0.1) is 22.1 Å². The van der Waals surface area contributed by atoms with Crippen molar-refractivity contribution in [3.8, 4) is 5.88 Å². The lowest BCUT2D eigenvalue weighted by atomic mass is 9.85. The number of fused-ring (bicyclic) bond motifs is 3. The molecule has 0 bridgehead atoms. The second-order valence-corrected chi connectivity index (χ2v) is 19.4. The highest BCUT2D eigenvalue weighted by atomic mass is 32.2. The summed E-state index contributed by atoms with van der Waals surface area (Å²) in [4.78, 5) is 72.1. The molecule has 3 N–H and O–H groups in total. The van der Waals surface area contributed by atoms with Crippen molar-refractivity contribution in [2.24, 2.45) is 17.8 Å². The van der Waals surface area contributed by atoms with Gasteiger partial charge in [-0.05, 0) is 97.1 Å². The average molecular weight is 783 g/mol. The molecule has 0 radical (unpaired) electrons. The maximum atomic E-state index is 15.0. The van der Waals surface area contributed by atoms with Crippen LogP contribution in [0.2, 0.25) is 0 Å². The van der Waals surface area contributed by atoms with E-state index in [-0.39, 0.29) is 43.3 Å². The van der Waals surface area contributed by atoms with E-state index >= 15 is 4.79 Å². The fourth-order valence-corrected chi connectivity index (χ4v) is 9.54. The third kappa shape index (κ3) is 7.70. The van der Waals surface area contributed by atoms with Crippen molar-refractivity contribution in [2.45, 2.75) is 134 Å². The predicted octanol–water partition coefficient (Wildman–Crippen LogP) is 3.80. The Kier molecular flexibility index (Phi) is 10.6. The highest BCUT2D eigenvalue weighted by Crippen LogP contribution is 2.47. The zero-order chi connectivity index (χ0) is 40.2. The molecular weight excluding hydrogens is 729 g/mol. The first kappa shape index (κ1) is 40.2. The summed E-state index contributed by atoms with van der Waals surface area (Å²) < 4.78 is 35.3. The van der Waals surface area contributed by atoms with E-state index in [0.717, 1.165) is 11.3 Å². The Morgan fingerprint density at radius 3 is 2.40 bits per heavy atom. The SMILES string of the molecule is CCn1nc(O[C@@H]2C[C@H]3C(=O)N[C@]4(C(=O)NS(=O)(=O)C5(C)CC5)C[C@H]4C=CCC[C@H](C)C[C@@H](C)[C@H](N(C(=O)O)C(C)(C)C)C(=O)N3C2)c2ccccc2c1=O. The van der Waals surface area contributed by atoms with Crippen molar-refractivity contribution in [3.05, 3.63) is 46.8 Å². The van der Waals surface area contributed by atoms with Gasteiger partial charge in [-0.2, -0.15) is 0 Å². The van der Waals surface area contributed by atoms with Gasteiger partial charge in [0.2, 0.25) is 27.7 Å². The fourth-order valence-electron chi connectivity index (χ4n) is 8.23. The summed E-state index contributed by atoms with van der Waals surface area (Å²) >= 11 is 0. The van der Waals surface area contributed by atoms with Crippen molar-refractivity contribution in [3.63, 3.8) is 0 Å². The number of aryl methyl sites for hydroxylation is 1. The van der Waals surface area contributed by atoms with Gasteiger partial charge in [0, 0.05) is 24.4 Å². The summed E-state index contributed by atoms with van der Waals surface area (Å²) in [5, 5.41) is 18.8. The van der Waals surface area contributed by atoms with Crippen LogP contribution >= 0.6 is 0 Å². The van der Waals surface area contributed by atoms with Gasteiger partial charge in [0.1, 0.15) is 23.7 Å². The van der Waals surface area contributed by atoms with Crippen molar-refractivity contribution in [2.75, 3.05) is 6.54 Å². The molecule has 1 aromatic carbocycles. The van der Waals surface area contributed by atoms with Crippen LogP contribution < -0.4 is 20.3 Å². The van der Waals surface area contributed by atoms with Gasteiger partial charge in [0.15, 0.2) is 0 Å². The summed E-state index contributed by atoms with van der Waals surface area (Å²) in [6, 6.07) is 4.46. The molecule has 6 rings (SSSR count). The summed E-state index contributed by atoms with van der Waals surface area (Å²) in [6.07, 6.45) is 4.50. The number of aromatic nitrogens is 2. The van der Waals surface area contributed by atoms with E-state index < -0.39 is 79.7 Å². The highest BCUT2D eigenvalue weighted by Gasteiger charge is 2.63. The van der Waals surface area contributed by atoms with E-state index in [1.54, 1.807) is 58.9 Å². The van der Waals surface area contributed by atoms with E-state index in [1.807, 2.05) is 26.0 Å². The van der Waals surface area contributed by atoms with Crippen LogP contribution in [0, 0.1) is 17.8 Å². The minimum atomic E-state index is -4.03.